The van der Waals surface area contributed by atoms with Gasteiger partial charge in [-0.1, -0.05) is 25.0 Å². The fraction of sp³-hybridized carbons (Fsp3) is 0.583. The number of benzene rings is 2. The molecule has 0 radical (unpaired) electrons. The maximum absolute atomic E-state index is 14.0. The van der Waals surface area contributed by atoms with Crippen LogP contribution in [0.15, 0.2) is 64.7 Å². The van der Waals surface area contributed by atoms with Crippen molar-refractivity contribution >= 4 is 50.4 Å². The number of amides is 1. The fourth-order valence-electron chi connectivity index (χ4n) is 11.6. The molecule has 1 amide bonds. The molecule has 2 unspecified atom stereocenters. The van der Waals surface area contributed by atoms with Crippen LogP contribution < -0.4 is 25.0 Å². The summed E-state index contributed by atoms with van der Waals surface area (Å²) >= 11 is 6.79. The Labute approximate surface area is 386 Å². The molecule has 10 rings (SSSR count). The second-order valence-corrected chi connectivity index (χ2v) is 22.7. The molecule has 5 fully saturated rings. The van der Waals surface area contributed by atoms with Crippen molar-refractivity contribution < 1.29 is 27.6 Å². The summed E-state index contributed by atoms with van der Waals surface area (Å²) in [6.45, 7) is 14.5. The molecule has 3 aromatic rings. The van der Waals surface area contributed by atoms with E-state index in [4.69, 9.17) is 21.1 Å². The Bertz CT molecular complexity index is 2480. The van der Waals surface area contributed by atoms with Gasteiger partial charge in [-0.25, -0.2) is 18.1 Å². The minimum absolute atomic E-state index is 0.000383. The Kier molecular flexibility index (Phi) is 12.0. The van der Waals surface area contributed by atoms with E-state index in [1.54, 1.807) is 29.5 Å². The van der Waals surface area contributed by atoms with E-state index in [-0.39, 0.29) is 17.0 Å². The van der Waals surface area contributed by atoms with Crippen molar-refractivity contribution in [1.82, 2.24) is 19.5 Å². The van der Waals surface area contributed by atoms with Crippen LogP contribution in [-0.4, -0.2) is 118 Å². The van der Waals surface area contributed by atoms with Gasteiger partial charge in [0.1, 0.15) is 23.0 Å². The molecule has 348 valence electrons. The highest BCUT2D eigenvalue weighted by Crippen LogP contribution is 2.62. The van der Waals surface area contributed by atoms with Gasteiger partial charge in [0.05, 0.1) is 21.6 Å². The van der Waals surface area contributed by atoms with Gasteiger partial charge >= 0.3 is 0 Å². The van der Waals surface area contributed by atoms with E-state index >= 15 is 0 Å². The molecule has 65 heavy (non-hydrogen) atoms. The SMILES string of the molecule is CC1(C)CCC(CN2CCN(c3ccc(C(=O)NS(=O)(=O)c4ccc(NCCN5CC6(CCOCC6)C5)c([N+](=O)[O-])c4)c(Oc4cnc5c(c4)CCN5)c3)CC2)=C([C@@H]2C[C@H](Cl)C3CC32)C1. The first-order valence-corrected chi connectivity index (χ1v) is 25.4. The summed E-state index contributed by atoms with van der Waals surface area (Å²) in [5.74, 6) is 2.56. The number of ether oxygens (including phenoxy) is 2. The number of piperazine rings is 1. The third-order valence-electron chi connectivity index (χ3n) is 15.4. The number of fused-ring (bicyclic) bond motifs is 2. The molecule has 15 nitrogen and oxygen atoms in total. The van der Waals surface area contributed by atoms with Crippen LogP contribution in [0.1, 0.15) is 74.7 Å². The number of nitrogens with zero attached hydrogens (tertiary/aromatic N) is 5. The second kappa shape index (κ2) is 17.6. The number of carbonyl (C=O) groups excluding carboxylic acids is 1. The van der Waals surface area contributed by atoms with Gasteiger partial charge in [-0.3, -0.25) is 19.8 Å². The molecule has 5 heterocycles. The predicted molar refractivity (Wildman–Crippen MR) is 251 cm³/mol. The minimum Gasteiger partial charge on any atom is -0.455 e. The first-order valence-electron chi connectivity index (χ1n) is 23.5. The number of hydrogen-bond donors (Lipinski definition) is 3. The Balaban J connectivity index is 0.826. The third-order valence-corrected chi connectivity index (χ3v) is 17.2. The first kappa shape index (κ1) is 44.4. The lowest BCUT2D eigenvalue weighted by Crippen LogP contribution is -2.59. The number of alkyl halides is 1. The molecule has 2 saturated carbocycles. The van der Waals surface area contributed by atoms with E-state index in [2.05, 4.69) is 48.9 Å². The zero-order valence-electron chi connectivity index (χ0n) is 37.5. The molecule has 4 aliphatic heterocycles. The lowest BCUT2D eigenvalue weighted by Gasteiger charge is -2.52. The van der Waals surface area contributed by atoms with Crippen LogP contribution in [0.3, 0.4) is 0 Å². The number of anilines is 3. The fourth-order valence-corrected chi connectivity index (χ4v) is 13.0. The molecular formula is C48H61ClN8O7S. The second-order valence-electron chi connectivity index (χ2n) is 20.4. The Morgan fingerprint density at radius 1 is 1.02 bits per heavy atom. The number of nitro groups is 1. The summed E-state index contributed by atoms with van der Waals surface area (Å²) in [4.78, 5) is 36.8. The number of nitrogens with one attached hydrogen (secondary N) is 3. The van der Waals surface area contributed by atoms with Gasteiger partial charge in [0.15, 0.2) is 0 Å². The highest BCUT2D eigenvalue weighted by molar-refractivity contribution is 7.90. The maximum atomic E-state index is 14.0. The molecule has 0 bridgehead atoms. The molecule has 3 N–H and O–H groups in total. The third kappa shape index (κ3) is 9.43. The molecule has 7 aliphatic rings. The van der Waals surface area contributed by atoms with Crippen LogP contribution in [-0.2, 0) is 21.2 Å². The van der Waals surface area contributed by atoms with E-state index in [1.807, 2.05) is 12.1 Å². The standard InChI is InChI=1S/C48H61ClN8O7S/c1-47(2)9-7-32(40(26-47)38-25-41(49)39-24-37(38)39)28-54-15-17-56(18-16-54)33-3-5-36(44(22-33)64-34-21-31-8-12-51-45(31)52-27-34)46(58)53-65(61,62)35-4-6-42(43(23-35)57(59)60)50-13-14-55-29-48(30-55)10-19-63-20-11-48/h3-6,21-23,27,37-39,41,50H,7-20,24-26,28-30H2,1-2H3,(H,51,52)(H,53,58)/t37?,38-,39?,41+/m1/s1. The Morgan fingerprint density at radius 3 is 2.55 bits per heavy atom. The van der Waals surface area contributed by atoms with Crippen molar-refractivity contribution in [3.05, 3.63) is 81.0 Å². The Hall–Kier alpha value is -4.48. The maximum Gasteiger partial charge on any atom is 0.293 e. The van der Waals surface area contributed by atoms with E-state index in [1.165, 1.54) is 31.4 Å². The van der Waals surface area contributed by atoms with Crippen LogP contribution >= 0.6 is 11.6 Å². The summed E-state index contributed by atoms with van der Waals surface area (Å²) in [5.41, 5.74) is 5.59. The van der Waals surface area contributed by atoms with Gasteiger partial charge in [0, 0.05) is 107 Å². The summed E-state index contributed by atoms with van der Waals surface area (Å²) in [6.07, 6.45) is 10.4. The number of aromatic nitrogens is 1. The average molecular weight is 930 g/mol. The number of halogens is 1. The number of pyridine rings is 1. The average Bonchev–Trinajstić information content (AvgIpc) is 3.82. The van der Waals surface area contributed by atoms with Gasteiger partial charge < -0.3 is 29.9 Å². The quantitative estimate of drug-likeness (QED) is 0.0638. The van der Waals surface area contributed by atoms with E-state index < -0.39 is 31.4 Å². The summed E-state index contributed by atoms with van der Waals surface area (Å²) in [5, 5.41) is 18.9. The number of allylic oxidation sites excluding steroid dienone is 1. The van der Waals surface area contributed by atoms with Gasteiger partial charge in [-0.15, -0.1) is 11.6 Å². The summed E-state index contributed by atoms with van der Waals surface area (Å²) in [6, 6.07) is 10.7. The van der Waals surface area contributed by atoms with Crippen molar-refractivity contribution in [3.8, 4) is 11.5 Å². The van der Waals surface area contributed by atoms with Crippen LogP contribution in [0, 0.1) is 38.7 Å². The summed E-state index contributed by atoms with van der Waals surface area (Å²) < 4.78 is 41.6. The molecule has 3 saturated heterocycles. The number of sulfonamides is 1. The summed E-state index contributed by atoms with van der Waals surface area (Å²) in [7, 11) is -4.54. The number of nitro benzene ring substituents is 1. The molecule has 4 atom stereocenters. The largest absolute Gasteiger partial charge is 0.455 e. The highest BCUT2D eigenvalue weighted by Gasteiger charge is 2.55. The van der Waals surface area contributed by atoms with E-state index in [9.17, 15) is 23.3 Å². The number of rotatable bonds is 14. The number of likely N-dealkylation sites (tertiary alicyclic amines) is 1. The van der Waals surface area contributed by atoms with Gasteiger partial charge in [-0.2, -0.15) is 0 Å². The van der Waals surface area contributed by atoms with Crippen LogP contribution in [0.4, 0.5) is 22.9 Å². The normalized spacial score (nSPS) is 25.9. The topological polar surface area (TPSA) is 172 Å². The van der Waals surface area contributed by atoms with Gasteiger partial charge in [0.25, 0.3) is 21.6 Å². The van der Waals surface area contributed by atoms with Crippen molar-refractivity contribution in [2.24, 2.45) is 28.6 Å². The van der Waals surface area contributed by atoms with Crippen molar-refractivity contribution in [2.75, 3.05) is 94.2 Å². The first-order chi connectivity index (χ1) is 31.2. The smallest absolute Gasteiger partial charge is 0.293 e. The monoisotopic (exact) mass is 928 g/mol. The van der Waals surface area contributed by atoms with Gasteiger partial charge in [-0.05, 0) is 110 Å². The molecule has 1 spiro atoms. The van der Waals surface area contributed by atoms with E-state index in [0.29, 0.717) is 46.9 Å². The lowest BCUT2D eigenvalue weighted by molar-refractivity contribution is -0.384. The van der Waals surface area contributed by atoms with Crippen LogP contribution in [0.5, 0.6) is 11.5 Å². The van der Waals surface area contributed by atoms with Crippen molar-refractivity contribution in [1.29, 1.82) is 0 Å². The van der Waals surface area contributed by atoms with E-state index in [0.717, 1.165) is 127 Å². The zero-order chi connectivity index (χ0) is 45.1. The zero-order valence-corrected chi connectivity index (χ0v) is 39.0. The van der Waals surface area contributed by atoms with Crippen LogP contribution in [0.2, 0.25) is 0 Å². The molecule has 1 aromatic heterocycles. The highest BCUT2D eigenvalue weighted by atomic mass is 35.5. The van der Waals surface area contributed by atoms with Crippen molar-refractivity contribution in [2.45, 2.75) is 75.5 Å². The van der Waals surface area contributed by atoms with Crippen LogP contribution in [0.25, 0.3) is 0 Å². The molecule has 2 aromatic carbocycles. The number of hydrogen-bond acceptors (Lipinski definition) is 13. The lowest BCUT2D eigenvalue weighted by atomic mass is 9.70. The molecule has 3 aliphatic carbocycles. The molecule has 17 heteroatoms. The predicted octanol–water partition coefficient (Wildman–Crippen LogP) is 7.29. The van der Waals surface area contributed by atoms with Crippen molar-refractivity contribution in [3.63, 3.8) is 0 Å². The Morgan fingerprint density at radius 2 is 1.82 bits per heavy atom. The molecular weight excluding hydrogens is 868 g/mol. The number of carbonyl (C=O) groups is 1. The van der Waals surface area contributed by atoms with Gasteiger partial charge in [0.2, 0.25) is 0 Å². The minimum atomic E-state index is -4.54.